The van der Waals surface area contributed by atoms with Crippen LogP contribution in [0, 0.1) is 0 Å². The summed E-state index contributed by atoms with van der Waals surface area (Å²) < 4.78 is 28.1. The number of carbonyl (C=O) groups excluding carboxylic acids is 1. The first kappa shape index (κ1) is 18.2. The number of anilines is 1. The third kappa shape index (κ3) is 3.66. The van der Waals surface area contributed by atoms with Crippen molar-refractivity contribution < 1.29 is 13.2 Å². The summed E-state index contributed by atoms with van der Waals surface area (Å²) in [5.41, 5.74) is 0.369. The summed E-state index contributed by atoms with van der Waals surface area (Å²) in [5.74, 6) is -0.321. The highest BCUT2D eigenvalue weighted by molar-refractivity contribution is 7.92. The summed E-state index contributed by atoms with van der Waals surface area (Å²) in [7, 11) is -0.691. The van der Waals surface area contributed by atoms with Crippen molar-refractivity contribution in [3.8, 4) is 0 Å². The van der Waals surface area contributed by atoms with Crippen molar-refractivity contribution in [3.63, 3.8) is 0 Å². The minimum absolute atomic E-state index is 0.111. The number of amides is 1. The molecule has 0 fully saturated rings. The maximum Gasteiger partial charge on any atom is 0.261 e. The van der Waals surface area contributed by atoms with E-state index in [2.05, 4.69) is 4.72 Å². The maximum atomic E-state index is 12.8. The van der Waals surface area contributed by atoms with Crippen LogP contribution in [-0.4, -0.2) is 33.3 Å². The van der Waals surface area contributed by atoms with Gasteiger partial charge in [0.25, 0.3) is 15.9 Å². The molecule has 1 amide bonds. The van der Waals surface area contributed by atoms with E-state index in [1.54, 1.807) is 32.3 Å². The summed E-state index contributed by atoms with van der Waals surface area (Å²) in [4.78, 5) is 13.8. The van der Waals surface area contributed by atoms with Crippen molar-refractivity contribution >= 4 is 44.0 Å². The van der Waals surface area contributed by atoms with Crippen LogP contribution in [0.2, 0.25) is 5.02 Å². The fourth-order valence-corrected chi connectivity index (χ4v) is 3.84. The average Bonchev–Trinajstić information content (AvgIpc) is 2.60. The number of sulfonamides is 1. The van der Waals surface area contributed by atoms with Gasteiger partial charge in [0.15, 0.2) is 0 Å². The van der Waals surface area contributed by atoms with Gasteiger partial charge in [-0.05, 0) is 41.1 Å². The van der Waals surface area contributed by atoms with E-state index in [0.717, 1.165) is 10.8 Å². The van der Waals surface area contributed by atoms with Crippen molar-refractivity contribution in [1.82, 2.24) is 4.90 Å². The van der Waals surface area contributed by atoms with Crippen molar-refractivity contribution in [3.05, 3.63) is 71.2 Å². The Kier molecular flexibility index (Phi) is 4.89. The molecular formula is C19H17ClN2O3S. The molecule has 0 saturated carbocycles. The molecule has 0 aliphatic rings. The van der Waals surface area contributed by atoms with Gasteiger partial charge in [-0.3, -0.25) is 9.52 Å². The molecule has 26 heavy (non-hydrogen) atoms. The Morgan fingerprint density at radius 2 is 1.65 bits per heavy atom. The van der Waals surface area contributed by atoms with Gasteiger partial charge in [-0.15, -0.1) is 0 Å². The van der Waals surface area contributed by atoms with Gasteiger partial charge in [-0.2, -0.15) is 0 Å². The molecule has 0 saturated heterocycles. The van der Waals surface area contributed by atoms with E-state index in [1.807, 2.05) is 24.3 Å². The largest absolute Gasteiger partial charge is 0.345 e. The van der Waals surface area contributed by atoms with E-state index >= 15 is 0 Å². The lowest BCUT2D eigenvalue weighted by atomic mass is 10.1. The molecule has 0 aliphatic carbocycles. The van der Waals surface area contributed by atoms with Crippen molar-refractivity contribution in [2.75, 3.05) is 18.8 Å². The Hall–Kier alpha value is -2.57. The van der Waals surface area contributed by atoms with Gasteiger partial charge < -0.3 is 4.90 Å². The van der Waals surface area contributed by atoms with Crippen LogP contribution in [0.15, 0.2) is 65.6 Å². The second-order valence-electron chi connectivity index (χ2n) is 6.00. The van der Waals surface area contributed by atoms with Crippen molar-refractivity contribution in [1.29, 1.82) is 0 Å². The minimum atomic E-state index is -3.88. The molecule has 3 aromatic rings. The van der Waals surface area contributed by atoms with Gasteiger partial charge >= 0.3 is 0 Å². The fourth-order valence-electron chi connectivity index (χ4n) is 2.57. The number of nitrogens with zero attached hydrogens (tertiary/aromatic N) is 1. The zero-order chi connectivity index (χ0) is 18.9. The topological polar surface area (TPSA) is 66.5 Å². The molecule has 0 spiro atoms. The third-order valence-corrected chi connectivity index (χ3v) is 5.49. The average molecular weight is 389 g/mol. The molecule has 1 N–H and O–H groups in total. The summed E-state index contributed by atoms with van der Waals surface area (Å²) >= 11 is 5.99. The lowest BCUT2D eigenvalue weighted by Gasteiger charge is -2.16. The molecule has 5 nitrogen and oxygen atoms in total. The molecule has 3 rings (SSSR count). The first-order valence-electron chi connectivity index (χ1n) is 7.81. The van der Waals surface area contributed by atoms with E-state index in [-0.39, 0.29) is 22.1 Å². The van der Waals surface area contributed by atoms with Gasteiger partial charge in [0, 0.05) is 19.1 Å². The zero-order valence-electron chi connectivity index (χ0n) is 14.2. The molecule has 0 heterocycles. The van der Waals surface area contributed by atoms with Crippen LogP contribution in [0.5, 0.6) is 0 Å². The van der Waals surface area contributed by atoms with Gasteiger partial charge in [0.2, 0.25) is 0 Å². The lowest BCUT2D eigenvalue weighted by molar-refractivity contribution is 0.0828. The Bertz CT molecular complexity index is 1090. The summed E-state index contributed by atoms with van der Waals surface area (Å²) in [6.45, 7) is 0. The molecule has 0 atom stereocenters. The normalized spacial score (nSPS) is 11.3. The number of rotatable bonds is 4. The van der Waals surface area contributed by atoms with Crippen LogP contribution in [0.3, 0.4) is 0 Å². The summed E-state index contributed by atoms with van der Waals surface area (Å²) in [5, 5.41) is 2.08. The molecule has 0 radical (unpaired) electrons. The second kappa shape index (κ2) is 6.97. The van der Waals surface area contributed by atoms with Crippen molar-refractivity contribution in [2.45, 2.75) is 4.90 Å². The van der Waals surface area contributed by atoms with Gasteiger partial charge in [-0.1, -0.05) is 41.9 Å². The molecule has 134 valence electrons. The van der Waals surface area contributed by atoms with Gasteiger partial charge in [-0.25, -0.2) is 8.42 Å². The number of carbonyl (C=O) groups is 1. The monoisotopic (exact) mass is 388 g/mol. The van der Waals surface area contributed by atoms with Gasteiger partial charge in [0.05, 0.1) is 16.1 Å². The number of benzene rings is 3. The molecule has 0 aliphatic heterocycles. The predicted molar refractivity (Wildman–Crippen MR) is 104 cm³/mol. The molecule has 3 aromatic carbocycles. The summed E-state index contributed by atoms with van der Waals surface area (Å²) in [6, 6.07) is 16.8. The molecule has 0 aromatic heterocycles. The number of fused-ring (bicyclic) bond motifs is 1. The van der Waals surface area contributed by atoms with Crippen LogP contribution >= 0.6 is 11.6 Å². The van der Waals surface area contributed by atoms with Crippen LogP contribution in [0.4, 0.5) is 5.69 Å². The van der Waals surface area contributed by atoms with Crippen LogP contribution in [-0.2, 0) is 10.0 Å². The summed E-state index contributed by atoms with van der Waals surface area (Å²) in [6.07, 6.45) is 0. The molecule has 0 unspecified atom stereocenters. The maximum absolute atomic E-state index is 12.8. The standard InChI is InChI=1S/C19H17ClN2O3S/c1-22(2)19(23)17-10-8-15(20)12-18(17)21-26(24,25)16-9-7-13-5-3-4-6-14(13)11-16/h3-12,21H,1-2H3. The smallest absolute Gasteiger partial charge is 0.261 e. The highest BCUT2D eigenvalue weighted by Crippen LogP contribution is 2.26. The van der Waals surface area contributed by atoms with Crippen molar-refractivity contribution in [2.24, 2.45) is 0 Å². The van der Waals surface area contributed by atoms with E-state index in [9.17, 15) is 13.2 Å². The van der Waals surface area contributed by atoms with E-state index in [0.29, 0.717) is 5.02 Å². The van der Waals surface area contributed by atoms with Gasteiger partial charge in [0.1, 0.15) is 0 Å². The fraction of sp³-hybridized carbons (Fsp3) is 0.105. The Morgan fingerprint density at radius 3 is 2.35 bits per heavy atom. The Balaban J connectivity index is 2.03. The first-order valence-corrected chi connectivity index (χ1v) is 9.67. The third-order valence-electron chi connectivity index (χ3n) is 3.89. The Morgan fingerprint density at radius 1 is 0.962 bits per heavy atom. The molecule has 0 bridgehead atoms. The van der Waals surface area contributed by atoms with E-state index < -0.39 is 10.0 Å². The van der Waals surface area contributed by atoms with E-state index in [4.69, 9.17) is 11.6 Å². The number of nitrogens with one attached hydrogen (secondary N) is 1. The highest BCUT2D eigenvalue weighted by atomic mass is 35.5. The first-order chi connectivity index (χ1) is 12.3. The zero-order valence-corrected chi connectivity index (χ0v) is 15.8. The SMILES string of the molecule is CN(C)C(=O)c1ccc(Cl)cc1NS(=O)(=O)c1ccc2ccccc2c1. The van der Waals surface area contributed by atoms with Crippen LogP contribution < -0.4 is 4.72 Å². The lowest BCUT2D eigenvalue weighted by Crippen LogP contribution is -2.24. The number of hydrogen-bond donors (Lipinski definition) is 1. The van der Waals surface area contributed by atoms with Crippen LogP contribution in [0.25, 0.3) is 10.8 Å². The molecular weight excluding hydrogens is 372 g/mol. The predicted octanol–water partition coefficient (Wildman–Crippen LogP) is 4.00. The second-order valence-corrected chi connectivity index (χ2v) is 8.12. The van der Waals surface area contributed by atoms with E-state index in [1.165, 1.54) is 23.1 Å². The Labute approximate surface area is 157 Å². The molecule has 7 heteroatoms. The quantitative estimate of drug-likeness (QED) is 0.734. The minimum Gasteiger partial charge on any atom is -0.345 e. The highest BCUT2D eigenvalue weighted by Gasteiger charge is 2.20. The number of hydrogen-bond acceptors (Lipinski definition) is 3. The van der Waals surface area contributed by atoms with Crippen LogP contribution in [0.1, 0.15) is 10.4 Å². The number of halogens is 1.